The molecular weight excluding hydrogens is 248 g/mol. The molecule has 0 aliphatic rings. The number of carbonyl (C=O) groups excluding carboxylic acids is 1. The predicted molar refractivity (Wildman–Crippen MR) is 67.1 cm³/mol. The molecule has 0 aliphatic carbocycles. The Kier molecular flexibility index (Phi) is 3.28. The van der Waals surface area contributed by atoms with Crippen molar-refractivity contribution in [3.05, 3.63) is 41.5 Å². The van der Waals surface area contributed by atoms with Crippen molar-refractivity contribution in [3.8, 4) is 0 Å². The van der Waals surface area contributed by atoms with Crippen molar-refractivity contribution in [3.63, 3.8) is 0 Å². The van der Waals surface area contributed by atoms with Gasteiger partial charge in [0.15, 0.2) is 0 Å². The minimum atomic E-state index is -1.12. The van der Waals surface area contributed by atoms with Crippen LogP contribution in [0.3, 0.4) is 0 Å². The van der Waals surface area contributed by atoms with Gasteiger partial charge in [0.25, 0.3) is 5.91 Å². The highest BCUT2D eigenvalue weighted by atomic mass is 16.4. The number of amides is 1. The third kappa shape index (κ3) is 2.44. The number of hydrogen-bond donors (Lipinski definition) is 2. The van der Waals surface area contributed by atoms with Gasteiger partial charge in [-0.3, -0.25) is 14.5 Å². The number of pyridine rings is 1. The molecule has 1 amide bonds. The first-order chi connectivity index (χ1) is 9.00. The summed E-state index contributed by atoms with van der Waals surface area (Å²) in [6.45, 7) is 1.75. The predicted octanol–water partition coefficient (Wildman–Crippen LogP) is 1.07. The number of nitrogens with zero attached hydrogens (tertiary/aromatic N) is 3. The van der Waals surface area contributed by atoms with E-state index in [1.165, 1.54) is 24.7 Å². The molecule has 0 atom stereocenters. The Balaban J connectivity index is 2.29. The zero-order valence-electron chi connectivity index (χ0n) is 10.4. The molecule has 98 valence electrons. The Morgan fingerprint density at radius 3 is 2.63 bits per heavy atom. The van der Waals surface area contributed by atoms with Crippen molar-refractivity contribution in [1.82, 2.24) is 14.8 Å². The molecule has 2 aromatic heterocycles. The van der Waals surface area contributed by atoms with Gasteiger partial charge < -0.3 is 10.4 Å². The topological polar surface area (TPSA) is 97.1 Å². The van der Waals surface area contributed by atoms with Crippen LogP contribution >= 0.6 is 0 Å². The maximum Gasteiger partial charge on any atom is 0.337 e. The monoisotopic (exact) mass is 260 g/mol. The third-order valence-corrected chi connectivity index (χ3v) is 2.78. The second-order valence-electron chi connectivity index (χ2n) is 3.95. The highest BCUT2D eigenvalue weighted by Crippen LogP contribution is 2.15. The van der Waals surface area contributed by atoms with Gasteiger partial charge in [-0.05, 0) is 13.0 Å². The number of anilines is 1. The van der Waals surface area contributed by atoms with Crippen LogP contribution in [0.5, 0.6) is 0 Å². The largest absolute Gasteiger partial charge is 0.478 e. The van der Waals surface area contributed by atoms with Crippen LogP contribution in [-0.4, -0.2) is 31.7 Å². The van der Waals surface area contributed by atoms with Crippen LogP contribution in [0.4, 0.5) is 5.69 Å². The van der Waals surface area contributed by atoms with Gasteiger partial charge in [-0.15, -0.1) is 0 Å². The Hall–Kier alpha value is -2.70. The first-order valence-corrected chi connectivity index (χ1v) is 5.48. The van der Waals surface area contributed by atoms with E-state index < -0.39 is 11.9 Å². The summed E-state index contributed by atoms with van der Waals surface area (Å²) in [6.07, 6.45) is 4.09. The van der Waals surface area contributed by atoms with Gasteiger partial charge in [0, 0.05) is 18.9 Å². The molecule has 0 aliphatic heterocycles. The summed E-state index contributed by atoms with van der Waals surface area (Å²) in [5.41, 5.74) is 1.23. The lowest BCUT2D eigenvalue weighted by Crippen LogP contribution is -2.15. The molecule has 0 unspecified atom stereocenters. The standard InChI is InChI=1S/C12H12N4O3/c1-7-9(5-14-16(7)2)11(17)15-10-6-13-4-3-8(10)12(18)19/h3-6H,1-2H3,(H,15,17)(H,18,19). The van der Waals surface area contributed by atoms with E-state index >= 15 is 0 Å². The second kappa shape index (κ2) is 4.89. The fourth-order valence-electron chi connectivity index (χ4n) is 1.59. The maximum atomic E-state index is 12.0. The van der Waals surface area contributed by atoms with Crippen LogP contribution in [-0.2, 0) is 7.05 Å². The molecule has 7 nitrogen and oxygen atoms in total. The molecule has 0 aromatic carbocycles. The zero-order chi connectivity index (χ0) is 14.0. The van der Waals surface area contributed by atoms with Gasteiger partial charge in [-0.1, -0.05) is 0 Å². The smallest absolute Gasteiger partial charge is 0.337 e. The molecule has 0 saturated heterocycles. The molecule has 2 rings (SSSR count). The van der Waals surface area contributed by atoms with Crippen LogP contribution in [0.1, 0.15) is 26.4 Å². The first-order valence-electron chi connectivity index (χ1n) is 5.48. The van der Waals surface area contributed by atoms with E-state index in [2.05, 4.69) is 15.4 Å². The van der Waals surface area contributed by atoms with Crippen molar-refractivity contribution in [2.24, 2.45) is 7.05 Å². The zero-order valence-corrected chi connectivity index (χ0v) is 10.4. The van der Waals surface area contributed by atoms with Crippen LogP contribution in [0.25, 0.3) is 0 Å². The molecule has 2 N–H and O–H groups in total. The number of carboxylic acid groups (broad SMARTS) is 1. The Morgan fingerprint density at radius 2 is 2.05 bits per heavy atom. The summed E-state index contributed by atoms with van der Waals surface area (Å²) < 4.78 is 1.57. The highest BCUT2D eigenvalue weighted by Gasteiger charge is 2.16. The Morgan fingerprint density at radius 1 is 1.32 bits per heavy atom. The minimum Gasteiger partial charge on any atom is -0.478 e. The van der Waals surface area contributed by atoms with Crippen LogP contribution in [0.15, 0.2) is 24.7 Å². The molecule has 19 heavy (non-hydrogen) atoms. The van der Waals surface area contributed by atoms with Gasteiger partial charge in [0.05, 0.1) is 29.2 Å². The molecule has 0 radical (unpaired) electrons. The number of aromatic carboxylic acids is 1. The minimum absolute atomic E-state index is 0.00936. The highest BCUT2D eigenvalue weighted by molar-refractivity contribution is 6.07. The normalized spacial score (nSPS) is 10.2. The second-order valence-corrected chi connectivity index (χ2v) is 3.95. The summed E-state index contributed by atoms with van der Waals surface area (Å²) >= 11 is 0. The van der Waals surface area contributed by atoms with Gasteiger partial charge in [0.1, 0.15) is 0 Å². The van der Waals surface area contributed by atoms with E-state index in [0.717, 1.165) is 0 Å². The number of carboxylic acids is 1. The Labute approximate surface area is 108 Å². The number of carbonyl (C=O) groups is 2. The van der Waals surface area contributed by atoms with E-state index in [4.69, 9.17) is 5.11 Å². The van der Waals surface area contributed by atoms with E-state index in [9.17, 15) is 9.59 Å². The van der Waals surface area contributed by atoms with Crippen molar-refractivity contribution in [1.29, 1.82) is 0 Å². The SMILES string of the molecule is Cc1c(C(=O)Nc2cnccc2C(=O)O)cnn1C. The van der Waals surface area contributed by atoms with Gasteiger partial charge in [-0.25, -0.2) is 4.79 Å². The number of hydrogen-bond acceptors (Lipinski definition) is 4. The van der Waals surface area contributed by atoms with Crippen molar-refractivity contribution in [2.45, 2.75) is 6.92 Å². The average Bonchev–Trinajstić information content (AvgIpc) is 2.70. The summed E-state index contributed by atoms with van der Waals surface area (Å²) in [7, 11) is 1.72. The van der Waals surface area contributed by atoms with Crippen LogP contribution < -0.4 is 5.32 Å². The molecule has 7 heteroatoms. The first kappa shape index (κ1) is 12.7. The molecular formula is C12H12N4O3. The lowest BCUT2D eigenvalue weighted by Gasteiger charge is -2.07. The quantitative estimate of drug-likeness (QED) is 0.860. The Bertz CT molecular complexity index is 648. The van der Waals surface area contributed by atoms with E-state index in [0.29, 0.717) is 11.3 Å². The van der Waals surface area contributed by atoms with Crippen LogP contribution in [0, 0.1) is 6.92 Å². The molecule has 0 saturated carbocycles. The summed E-state index contributed by atoms with van der Waals surface area (Å²) in [5, 5.41) is 15.5. The van der Waals surface area contributed by atoms with Crippen molar-refractivity contribution >= 4 is 17.6 Å². The third-order valence-electron chi connectivity index (χ3n) is 2.78. The number of aromatic nitrogens is 3. The fraction of sp³-hybridized carbons (Fsp3) is 0.167. The lowest BCUT2D eigenvalue weighted by molar-refractivity contribution is 0.0698. The summed E-state index contributed by atoms with van der Waals surface area (Å²) in [5.74, 6) is -1.54. The average molecular weight is 260 g/mol. The molecule has 2 heterocycles. The lowest BCUT2D eigenvalue weighted by atomic mass is 10.2. The van der Waals surface area contributed by atoms with Gasteiger partial charge >= 0.3 is 5.97 Å². The molecule has 0 spiro atoms. The van der Waals surface area contributed by atoms with Crippen LogP contribution in [0.2, 0.25) is 0 Å². The van der Waals surface area contributed by atoms with Crippen molar-refractivity contribution in [2.75, 3.05) is 5.32 Å². The van der Waals surface area contributed by atoms with E-state index in [1.54, 1.807) is 18.7 Å². The van der Waals surface area contributed by atoms with Gasteiger partial charge in [-0.2, -0.15) is 5.10 Å². The van der Waals surface area contributed by atoms with E-state index in [1.807, 2.05) is 0 Å². The van der Waals surface area contributed by atoms with E-state index in [-0.39, 0.29) is 11.3 Å². The summed E-state index contributed by atoms with van der Waals surface area (Å²) in [6, 6.07) is 1.33. The van der Waals surface area contributed by atoms with Gasteiger partial charge in [0.2, 0.25) is 0 Å². The van der Waals surface area contributed by atoms with Crippen molar-refractivity contribution < 1.29 is 14.7 Å². The number of aryl methyl sites for hydroxylation is 1. The molecule has 0 bridgehead atoms. The maximum absolute atomic E-state index is 12.0. The summed E-state index contributed by atoms with van der Waals surface area (Å²) in [4.78, 5) is 26.9. The molecule has 2 aromatic rings. The number of rotatable bonds is 3. The molecule has 0 fully saturated rings. The fourth-order valence-corrected chi connectivity index (χ4v) is 1.59. The number of nitrogens with one attached hydrogen (secondary N) is 1.